The number of hydrogen-bond donors (Lipinski definition) is 2. The number of nitrogens with zero attached hydrogens (tertiary/aromatic N) is 3. The monoisotopic (exact) mass is 253 g/mol. The van der Waals surface area contributed by atoms with Crippen LogP contribution in [0.4, 0.5) is 6.01 Å². The minimum absolute atomic E-state index is 0.0374. The van der Waals surface area contributed by atoms with Crippen molar-refractivity contribution in [3.63, 3.8) is 0 Å². The minimum atomic E-state index is -0.505. The van der Waals surface area contributed by atoms with E-state index in [1.54, 1.807) is 6.92 Å². The third kappa shape index (κ3) is 2.48. The van der Waals surface area contributed by atoms with E-state index in [4.69, 9.17) is 4.42 Å². The molecule has 2 heterocycles. The summed E-state index contributed by atoms with van der Waals surface area (Å²) in [4.78, 5) is 24.3. The van der Waals surface area contributed by atoms with Gasteiger partial charge in [-0.3, -0.25) is 14.9 Å². The highest BCUT2D eigenvalue weighted by atomic mass is 16.4. The Balaban J connectivity index is 2.12. The fraction of sp³-hybridized carbons (Fsp3) is 0.600. The van der Waals surface area contributed by atoms with Crippen molar-refractivity contribution in [2.24, 2.45) is 0 Å². The van der Waals surface area contributed by atoms with Gasteiger partial charge < -0.3 is 14.6 Å². The number of piperazine rings is 1. The van der Waals surface area contributed by atoms with Gasteiger partial charge in [0, 0.05) is 0 Å². The van der Waals surface area contributed by atoms with Gasteiger partial charge in [-0.15, -0.1) is 5.10 Å². The third-order valence-corrected chi connectivity index (χ3v) is 2.65. The first kappa shape index (κ1) is 12.5. The van der Waals surface area contributed by atoms with E-state index in [-0.39, 0.29) is 24.4 Å². The molecule has 8 heteroatoms. The summed E-state index contributed by atoms with van der Waals surface area (Å²) in [7, 11) is 0. The number of carbonyl (C=O) groups is 2. The third-order valence-electron chi connectivity index (χ3n) is 2.65. The first-order chi connectivity index (χ1) is 8.61. The zero-order valence-electron chi connectivity index (χ0n) is 10.3. The average Bonchev–Trinajstić information content (AvgIpc) is 2.79. The van der Waals surface area contributed by atoms with Gasteiger partial charge in [-0.2, -0.15) is 0 Å². The van der Waals surface area contributed by atoms with E-state index in [1.807, 2.05) is 6.92 Å². The van der Waals surface area contributed by atoms with Crippen LogP contribution in [0.1, 0.15) is 19.7 Å². The lowest BCUT2D eigenvalue weighted by Crippen LogP contribution is -2.57. The van der Waals surface area contributed by atoms with E-state index in [1.165, 1.54) is 4.90 Å². The second-order valence-corrected chi connectivity index (χ2v) is 3.98. The Kier molecular flexibility index (Phi) is 3.56. The molecule has 1 unspecified atom stereocenters. The molecule has 1 aliphatic rings. The van der Waals surface area contributed by atoms with E-state index < -0.39 is 6.04 Å². The van der Waals surface area contributed by atoms with Crippen molar-refractivity contribution < 1.29 is 14.0 Å². The van der Waals surface area contributed by atoms with Gasteiger partial charge >= 0.3 is 6.01 Å². The normalized spacial score (nSPS) is 20.1. The van der Waals surface area contributed by atoms with E-state index in [0.29, 0.717) is 12.4 Å². The van der Waals surface area contributed by atoms with E-state index in [0.717, 1.165) is 6.54 Å². The Bertz CT molecular complexity index is 458. The van der Waals surface area contributed by atoms with Crippen molar-refractivity contribution >= 4 is 17.8 Å². The van der Waals surface area contributed by atoms with Crippen LogP contribution in [0.2, 0.25) is 0 Å². The number of carbonyl (C=O) groups excluding carboxylic acids is 2. The van der Waals surface area contributed by atoms with E-state index in [9.17, 15) is 9.59 Å². The van der Waals surface area contributed by atoms with Crippen LogP contribution in [0.5, 0.6) is 0 Å². The number of anilines is 1. The van der Waals surface area contributed by atoms with Gasteiger partial charge in [0.05, 0.1) is 6.54 Å². The molecule has 1 aromatic rings. The van der Waals surface area contributed by atoms with Gasteiger partial charge in [-0.1, -0.05) is 12.0 Å². The molecule has 0 spiro atoms. The molecule has 0 radical (unpaired) electrons. The lowest BCUT2D eigenvalue weighted by atomic mass is 10.2. The van der Waals surface area contributed by atoms with Crippen molar-refractivity contribution in [3.8, 4) is 0 Å². The second kappa shape index (κ2) is 5.13. The maximum Gasteiger partial charge on any atom is 0.319 e. The van der Waals surface area contributed by atoms with Gasteiger partial charge in [0.25, 0.3) is 0 Å². The van der Waals surface area contributed by atoms with Crippen LogP contribution in [-0.2, 0) is 16.1 Å². The van der Waals surface area contributed by atoms with Crippen molar-refractivity contribution in [3.05, 3.63) is 5.89 Å². The zero-order chi connectivity index (χ0) is 13.1. The standard InChI is InChI=1S/C10H15N5O3/c1-3-11-4-8-13-14-10(18-8)15-5-7(16)12-9(17)6(15)2/h6,11H,3-5H2,1-2H3,(H,12,16,17). The molecule has 0 bridgehead atoms. The molecule has 1 atom stereocenters. The van der Waals surface area contributed by atoms with E-state index in [2.05, 4.69) is 20.8 Å². The lowest BCUT2D eigenvalue weighted by Gasteiger charge is -2.29. The number of amides is 2. The van der Waals surface area contributed by atoms with Crippen molar-refractivity contribution in [1.29, 1.82) is 0 Å². The SMILES string of the molecule is CCNCc1nnc(N2CC(=O)NC(=O)C2C)o1. The van der Waals surface area contributed by atoms with Crippen LogP contribution in [-0.4, -0.2) is 41.1 Å². The number of nitrogens with one attached hydrogen (secondary N) is 2. The summed E-state index contributed by atoms with van der Waals surface area (Å²) >= 11 is 0. The second-order valence-electron chi connectivity index (χ2n) is 3.98. The molecular weight excluding hydrogens is 238 g/mol. The van der Waals surface area contributed by atoms with Crippen LogP contribution in [0, 0.1) is 0 Å². The average molecular weight is 253 g/mol. The van der Waals surface area contributed by atoms with Crippen LogP contribution in [0.15, 0.2) is 4.42 Å². The van der Waals surface area contributed by atoms with Crippen molar-refractivity contribution in [2.75, 3.05) is 18.0 Å². The summed E-state index contributed by atoms with van der Waals surface area (Å²) < 4.78 is 5.40. The molecule has 98 valence electrons. The number of hydrogen-bond acceptors (Lipinski definition) is 7. The predicted molar refractivity (Wildman–Crippen MR) is 61.6 cm³/mol. The topological polar surface area (TPSA) is 100 Å². The molecular formula is C10H15N5O3. The smallest absolute Gasteiger partial charge is 0.319 e. The van der Waals surface area contributed by atoms with E-state index >= 15 is 0 Å². The number of aromatic nitrogens is 2. The summed E-state index contributed by atoms with van der Waals surface area (Å²) in [5, 5.41) is 13.0. The number of imide groups is 1. The van der Waals surface area contributed by atoms with Gasteiger partial charge in [0.1, 0.15) is 12.6 Å². The van der Waals surface area contributed by atoms with Gasteiger partial charge in [0.2, 0.25) is 17.7 Å². The fourth-order valence-electron chi connectivity index (χ4n) is 1.61. The first-order valence-electron chi connectivity index (χ1n) is 5.75. The van der Waals surface area contributed by atoms with Gasteiger partial charge in [0.15, 0.2) is 0 Å². The molecule has 0 aromatic carbocycles. The maximum atomic E-state index is 11.5. The Morgan fingerprint density at radius 1 is 1.50 bits per heavy atom. The quantitative estimate of drug-likeness (QED) is 0.666. The maximum absolute atomic E-state index is 11.5. The number of rotatable bonds is 4. The molecule has 2 amide bonds. The molecule has 0 saturated carbocycles. The van der Waals surface area contributed by atoms with Gasteiger partial charge in [-0.25, -0.2) is 0 Å². The van der Waals surface area contributed by atoms with Crippen LogP contribution in [0.25, 0.3) is 0 Å². The highest BCUT2D eigenvalue weighted by Gasteiger charge is 2.33. The molecule has 1 aliphatic heterocycles. The molecule has 2 rings (SSSR count). The van der Waals surface area contributed by atoms with Crippen molar-refractivity contribution in [1.82, 2.24) is 20.8 Å². The summed E-state index contributed by atoms with van der Waals surface area (Å²) in [5.74, 6) is -0.306. The Morgan fingerprint density at radius 3 is 3.00 bits per heavy atom. The Morgan fingerprint density at radius 2 is 2.28 bits per heavy atom. The summed E-state index contributed by atoms with van der Waals surface area (Å²) in [6, 6.07) is -0.311. The lowest BCUT2D eigenvalue weighted by molar-refractivity contribution is -0.132. The highest BCUT2D eigenvalue weighted by molar-refractivity contribution is 6.03. The van der Waals surface area contributed by atoms with Crippen LogP contribution < -0.4 is 15.5 Å². The van der Waals surface area contributed by atoms with Crippen molar-refractivity contribution in [2.45, 2.75) is 26.4 Å². The summed E-state index contributed by atoms with van der Waals surface area (Å²) in [5.41, 5.74) is 0. The minimum Gasteiger partial charge on any atom is -0.407 e. The largest absolute Gasteiger partial charge is 0.407 e. The molecule has 1 fully saturated rings. The fourth-order valence-corrected chi connectivity index (χ4v) is 1.61. The summed E-state index contributed by atoms with van der Waals surface area (Å²) in [6.45, 7) is 4.93. The van der Waals surface area contributed by atoms with Crippen LogP contribution in [0.3, 0.4) is 0 Å². The Labute approximate surface area is 104 Å². The zero-order valence-corrected chi connectivity index (χ0v) is 10.3. The predicted octanol–water partition coefficient (Wildman–Crippen LogP) is -0.970. The molecule has 1 aromatic heterocycles. The van der Waals surface area contributed by atoms with Gasteiger partial charge in [-0.05, 0) is 13.5 Å². The van der Waals surface area contributed by atoms with Crippen LogP contribution >= 0.6 is 0 Å². The molecule has 18 heavy (non-hydrogen) atoms. The summed E-state index contributed by atoms with van der Waals surface area (Å²) in [6.07, 6.45) is 0. The first-order valence-corrected chi connectivity index (χ1v) is 5.75. The highest BCUT2D eigenvalue weighted by Crippen LogP contribution is 2.17. The Hall–Kier alpha value is -1.96. The molecule has 0 aliphatic carbocycles. The molecule has 1 saturated heterocycles. The molecule has 2 N–H and O–H groups in total. The molecule has 8 nitrogen and oxygen atoms in total.